The smallest absolute Gasteiger partial charge is 0.367 e. The van der Waals surface area contributed by atoms with E-state index in [0.717, 1.165) is 5.56 Å². The first-order valence-electron chi connectivity index (χ1n) is 8.27. The standard InChI is InChI=1S/C18H25F3N4O2.HI/c1-4-9-22-17(24-11-16(26)25(2)3)23-10-14-5-7-15(8-6-14)12-27-13-18(19,20)21;/h4-8H,1,9-13H2,2-3H3,(H2,22,23,24);1H. The lowest BCUT2D eigenvalue weighted by Gasteiger charge is -2.14. The molecule has 0 atom stereocenters. The van der Waals surface area contributed by atoms with Gasteiger partial charge in [-0.05, 0) is 11.1 Å². The van der Waals surface area contributed by atoms with Gasteiger partial charge in [-0.3, -0.25) is 4.79 Å². The van der Waals surface area contributed by atoms with E-state index in [1.54, 1.807) is 44.4 Å². The van der Waals surface area contributed by atoms with Crippen molar-refractivity contribution in [2.24, 2.45) is 4.99 Å². The molecule has 0 aliphatic rings. The Morgan fingerprint density at radius 2 is 1.82 bits per heavy atom. The van der Waals surface area contributed by atoms with Crippen molar-refractivity contribution >= 4 is 35.8 Å². The average molecular weight is 514 g/mol. The number of benzene rings is 1. The van der Waals surface area contributed by atoms with Gasteiger partial charge in [0, 0.05) is 20.6 Å². The molecule has 1 amide bonds. The maximum absolute atomic E-state index is 12.1. The van der Waals surface area contributed by atoms with Crippen molar-refractivity contribution < 1.29 is 22.7 Å². The summed E-state index contributed by atoms with van der Waals surface area (Å²) in [5.74, 6) is 0.369. The van der Waals surface area contributed by atoms with Crippen LogP contribution in [0.25, 0.3) is 0 Å². The molecular formula is C18H26F3IN4O2. The fourth-order valence-electron chi connectivity index (χ4n) is 1.86. The third-order valence-corrected chi connectivity index (χ3v) is 3.30. The summed E-state index contributed by atoms with van der Waals surface area (Å²) < 4.78 is 40.8. The summed E-state index contributed by atoms with van der Waals surface area (Å²) in [6, 6.07) is 6.93. The molecule has 1 aromatic rings. The van der Waals surface area contributed by atoms with Gasteiger partial charge in [0.15, 0.2) is 5.96 Å². The maximum atomic E-state index is 12.1. The minimum Gasteiger partial charge on any atom is -0.367 e. The zero-order chi connectivity index (χ0) is 20.3. The van der Waals surface area contributed by atoms with Crippen LogP contribution in [-0.4, -0.2) is 56.7 Å². The first-order valence-corrected chi connectivity index (χ1v) is 8.27. The lowest BCUT2D eigenvalue weighted by Crippen LogP contribution is -2.43. The maximum Gasteiger partial charge on any atom is 0.411 e. The zero-order valence-electron chi connectivity index (χ0n) is 15.9. The summed E-state index contributed by atoms with van der Waals surface area (Å²) in [6.45, 7) is 3.17. The van der Waals surface area contributed by atoms with Crippen LogP contribution in [0.3, 0.4) is 0 Å². The molecular weight excluding hydrogens is 488 g/mol. The van der Waals surface area contributed by atoms with Crippen molar-refractivity contribution in [2.45, 2.75) is 19.3 Å². The molecule has 0 saturated carbocycles. The number of hydrogen-bond donors (Lipinski definition) is 2. The van der Waals surface area contributed by atoms with Gasteiger partial charge in [0.1, 0.15) is 6.61 Å². The van der Waals surface area contributed by atoms with E-state index in [1.165, 1.54) is 4.90 Å². The summed E-state index contributed by atoms with van der Waals surface area (Å²) in [7, 11) is 3.33. The van der Waals surface area contributed by atoms with E-state index in [-0.39, 0.29) is 43.0 Å². The van der Waals surface area contributed by atoms with E-state index in [1.807, 2.05) is 0 Å². The molecule has 158 valence electrons. The highest BCUT2D eigenvalue weighted by Gasteiger charge is 2.27. The molecule has 6 nitrogen and oxygen atoms in total. The SMILES string of the molecule is C=CCNC(=NCc1ccc(COCC(F)(F)F)cc1)NCC(=O)N(C)C.I. The van der Waals surface area contributed by atoms with E-state index in [0.29, 0.717) is 24.6 Å². The Hall–Kier alpha value is -1.82. The van der Waals surface area contributed by atoms with Crippen LogP contribution in [0, 0.1) is 0 Å². The molecule has 0 spiro atoms. The van der Waals surface area contributed by atoms with Gasteiger partial charge in [0.05, 0.1) is 19.7 Å². The number of nitrogens with zero attached hydrogens (tertiary/aromatic N) is 2. The van der Waals surface area contributed by atoms with Gasteiger partial charge >= 0.3 is 6.18 Å². The topological polar surface area (TPSA) is 66.0 Å². The summed E-state index contributed by atoms with van der Waals surface area (Å²) in [5, 5.41) is 5.94. The van der Waals surface area contributed by atoms with Gasteiger partial charge in [0.2, 0.25) is 5.91 Å². The average Bonchev–Trinajstić information content (AvgIpc) is 2.60. The number of aliphatic imine (C=N–C) groups is 1. The molecule has 0 unspecified atom stereocenters. The number of ether oxygens (including phenoxy) is 1. The number of carbonyl (C=O) groups is 1. The fraction of sp³-hybridized carbons (Fsp3) is 0.444. The van der Waals surface area contributed by atoms with Gasteiger partial charge in [-0.2, -0.15) is 13.2 Å². The van der Waals surface area contributed by atoms with E-state index in [9.17, 15) is 18.0 Å². The number of rotatable bonds is 9. The van der Waals surface area contributed by atoms with Crippen LogP contribution in [0.4, 0.5) is 13.2 Å². The predicted molar refractivity (Wildman–Crippen MR) is 114 cm³/mol. The number of guanidine groups is 1. The Morgan fingerprint density at radius 3 is 2.36 bits per heavy atom. The molecule has 28 heavy (non-hydrogen) atoms. The summed E-state index contributed by atoms with van der Waals surface area (Å²) in [4.78, 5) is 17.5. The molecule has 0 fully saturated rings. The molecule has 0 aliphatic heterocycles. The van der Waals surface area contributed by atoms with Crippen LogP contribution < -0.4 is 10.6 Å². The molecule has 0 saturated heterocycles. The van der Waals surface area contributed by atoms with E-state index >= 15 is 0 Å². The van der Waals surface area contributed by atoms with E-state index in [4.69, 9.17) is 0 Å². The Balaban J connectivity index is 0.00000729. The second-order valence-corrected chi connectivity index (χ2v) is 5.90. The van der Waals surface area contributed by atoms with Crippen LogP contribution in [0.15, 0.2) is 41.9 Å². The monoisotopic (exact) mass is 514 g/mol. The Kier molecular flexibility index (Phi) is 12.5. The number of amides is 1. The number of likely N-dealkylation sites (N-methyl/N-ethyl adjacent to an activating group) is 1. The molecule has 10 heteroatoms. The first-order chi connectivity index (χ1) is 12.7. The molecule has 0 bridgehead atoms. The van der Waals surface area contributed by atoms with Gasteiger partial charge in [-0.15, -0.1) is 30.6 Å². The molecule has 0 radical (unpaired) electrons. The molecule has 0 aromatic heterocycles. The van der Waals surface area contributed by atoms with Crippen LogP contribution >= 0.6 is 24.0 Å². The van der Waals surface area contributed by atoms with Crippen molar-refractivity contribution in [3.8, 4) is 0 Å². The fourth-order valence-corrected chi connectivity index (χ4v) is 1.86. The highest BCUT2D eigenvalue weighted by Crippen LogP contribution is 2.16. The second-order valence-electron chi connectivity index (χ2n) is 5.90. The minimum absolute atomic E-state index is 0. The van der Waals surface area contributed by atoms with Crippen LogP contribution in [0.2, 0.25) is 0 Å². The largest absolute Gasteiger partial charge is 0.411 e. The minimum atomic E-state index is -4.33. The predicted octanol–water partition coefficient (Wildman–Crippen LogP) is 2.69. The lowest BCUT2D eigenvalue weighted by molar-refractivity contribution is -0.176. The Bertz CT molecular complexity index is 635. The van der Waals surface area contributed by atoms with Crippen molar-refractivity contribution in [2.75, 3.05) is 33.8 Å². The van der Waals surface area contributed by atoms with Gasteiger partial charge in [-0.25, -0.2) is 4.99 Å². The normalized spacial score (nSPS) is 11.4. The van der Waals surface area contributed by atoms with Crippen LogP contribution in [-0.2, 0) is 22.7 Å². The van der Waals surface area contributed by atoms with Gasteiger partial charge < -0.3 is 20.3 Å². The molecule has 1 aromatic carbocycles. The lowest BCUT2D eigenvalue weighted by atomic mass is 10.1. The summed E-state index contributed by atoms with van der Waals surface area (Å²) >= 11 is 0. The first kappa shape index (κ1) is 26.2. The van der Waals surface area contributed by atoms with E-state index < -0.39 is 12.8 Å². The van der Waals surface area contributed by atoms with Crippen molar-refractivity contribution in [1.82, 2.24) is 15.5 Å². The Morgan fingerprint density at radius 1 is 1.21 bits per heavy atom. The number of nitrogens with one attached hydrogen (secondary N) is 2. The number of hydrogen-bond acceptors (Lipinski definition) is 3. The van der Waals surface area contributed by atoms with Gasteiger partial charge in [-0.1, -0.05) is 30.3 Å². The van der Waals surface area contributed by atoms with Crippen molar-refractivity contribution in [3.05, 3.63) is 48.0 Å². The second kappa shape index (κ2) is 13.4. The Labute approximate surface area is 180 Å². The van der Waals surface area contributed by atoms with Crippen molar-refractivity contribution in [1.29, 1.82) is 0 Å². The molecule has 0 aliphatic carbocycles. The summed E-state index contributed by atoms with van der Waals surface area (Å²) in [6.07, 6.45) is -2.66. The quantitative estimate of drug-likeness (QED) is 0.230. The molecule has 2 N–H and O–H groups in total. The third-order valence-electron chi connectivity index (χ3n) is 3.30. The van der Waals surface area contributed by atoms with E-state index in [2.05, 4.69) is 26.9 Å². The molecule has 1 rings (SSSR count). The van der Waals surface area contributed by atoms with Gasteiger partial charge in [0.25, 0.3) is 0 Å². The zero-order valence-corrected chi connectivity index (χ0v) is 18.2. The van der Waals surface area contributed by atoms with Crippen molar-refractivity contribution in [3.63, 3.8) is 0 Å². The van der Waals surface area contributed by atoms with Crippen LogP contribution in [0.1, 0.15) is 11.1 Å². The number of alkyl halides is 3. The third kappa shape index (κ3) is 11.8. The highest BCUT2D eigenvalue weighted by molar-refractivity contribution is 14.0. The number of halogens is 4. The highest BCUT2D eigenvalue weighted by atomic mass is 127. The van der Waals surface area contributed by atoms with Crippen LogP contribution in [0.5, 0.6) is 0 Å². The summed E-state index contributed by atoms with van der Waals surface area (Å²) in [5.41, 5.74) is 1.51. The molecule has 0 heterocycles. The number of carbonyl (C=O) groups excluding carboxylic acids is 1.